The van der Waals surface area contributed by atoms with E-state index >= 15 is 0 Å². The molecule has 4 aliphatic rings. The highest BCUT2D eigenvalue weighted by Crippen LogP contribution is 2.61. The number of halogens is 6. The van der Waals surface area contributed by atoms with E-state index < -0.39 is 64.0 Å². The maximum atomic E-state index is 12.9. The van der Waals surface area contributed by atoms with E-state index in [4.69, 9.17) is 7.74 Å². The normalized spacial score (nSPS) is 41.4. The van der Waals surface area contributed by atoms with Crippen LogP contribution in [0.4, 0.5) is 26.3 Å². The number of hydrogen-bond acceptors (Lipinski definition) is 6. The Morgan fingerprint density at radius 1 is 0.607 bits per heavy atom. The van der Waals surface area contributed by atoms with Gasteiger partial charge in [-0.25, -0.2) is 0 Å². The lowest BCUT2D eigenvalue weighted by molar-refractivity contribution is -0.0505. The summed E-state index contributed by atoms with van der Waals surface area (Å²) in [6.45, 7) is 3.60. The lowest BCUT2D eigenvalue weighted by atomic mass is 11.6. The molecule has 164 valence electrons. The van der Waals surface area contributed by atoms with Crippen molar-refractivity contribution in [3.05, 3.63) is 0 Å². The molecule has 28 heavy (non-hydrogen) atoms. The first kappa shape index (κ1) is 22.9. The molecule has 6 nitrogen and oxygen atoms in total. The highest BCUT2D eigenvalue weighted by atomic mass is 32.2. The van der Waals surface area contributed by atoms with Crippen LogP contribution >= 0.6 is 0 Å². The summed E-state index contributed by atoms with van der Waals surface area (Å²) in [5.41, 5.74) is -10.2. The number of alkyl halides is 6. The maximum absolute atomic E-state index is 12.9. The molecule has 18 heteroatoms. The van der Waals surface area contributed by atoms with Crippen LogP contribution in [-0.4, -0.2) is 60.6 Å². The van der Waals surface area contributed by atoms with Crippen molar-refractivity contribution >= 4 is 53.0 Å². The van der Waals surface area contributed by atoms with Crippen LogP contribution < -0.4 is 0 Å². The van der Waals surface area contributed by atoms with Crippen LogP contribution in [0, 0.1) is 0 Å². The van der Waals surface area contributed by atoms with Gasteiger partial charge < -0.3 is 7.74 Å². The van der Waals surface area contributed by atoms with Gasteiger partial charge in [0.2, 0.25) is 16.6 Å². The van der Waals surface area contributed by atoms with Crippen LogP contribution in [0.1, 0.15) is 0 Å². The minimum absolute atomic E-state index is 0.183. The third-order valence-corrected chi connectivity index (χ3v) is 47.3. The summed E-state index contributed by atoms with van der Waals surface area (Å²) >= 11 is 0. The molecule has 0 radical (unpaired) electrons. The third-order valence-electron chi connectivity index (χ3n) is 5.63. The fourth-order valence-corrected chi connectivity index (χ4v) is 72.6. The zero-order valence-corrected chi connectivity index (χ0v) is 20.4. The fourth-order valence-electron chi connectivity index (χ4n) is 6.22. The summed E-state index contributed by atoms with van der Waals surface area (Å²) in [5, 5.41) is 0. The fraction of sp³-hybridized carbons (Fsp3) is 1.00. The smallest absolute Gasteiger partial charge is 0.309 e. The zero-order valence-electron chi connectivity index (χ0n) is 14.8. The maximum Gasteiger partial charge on any atom is 0.522 e. The Hall–Kier alpha value is 0.268. The van der Waals surface area contributed by atoms with E-state index in [2.05, 4.69) is 0 Å². The van der Waals surface area contributed by atoms with Crippen LogP contribution in [0.15, 0.2) is 0 Å². The molecule has 0 aromatic rings. The lowest BCUT2D eigenvalue weighted by Crippen LogP contribution is -2.78. The Labute approximate surface area is 162 Å². The molecule has 4 heterocycles. The van der Waals surface area contributed by atoms with Crippen LogP contribution in [0.5, 0.6) is 0 Å². The lowest BCUT2D eigenvalue weighted by Gasteiger charge is -2.64. The highest BCUT2D eigenvalue weighted by molar-refractivity contribution is 7.89. The van der Waals surface area contributed by atoms with Gasteiger partial charge in [-0.15, -0.1) is 0 Å². The molecule has 4 bridgehead atoms. The van der Waals surface area contributed by atoms with Gasteiger partial charge in [0.25, 0.3) is 0 Å². The first-order chi connectivity index (χ1) is 12.2. The molecule has 4 fully saturated rings. The Morgan fingerprint density at radius 2 is 0.893 bits per heavy atom. The summed E-state index contributed by atoms with van der Waals surface area (Å²) in [4.78, 5) is 0. The molecule has 4 aliphatic heterocycles. The van der Waals surface area contributed by atoms with Gasteiger partial charge in [0.05, 0.1) is 0 Å². The molecule has 0 atom stereocenters. The van der Waals surface area contributed by atoms with Gasteiger partial charge in [0.15, 0.2) is 0 Å². The Bertz CT molecular complexity index is 816. The molecule has 0 amide bonds. The van der Waals surface area contributed by atoms with Crippen molar-refractivity contribution in [3.63, 3.8) is 0 Å². The van der Waals surface area contributed by atoms with Gasteiger partial charge in [-0.05, 0) is 28.3 Å². The molecule has 0 aromatic carbocycles. The Morgan fingerprint density at radius 3 is 1.14 bits per heavy atom. The Balaban J connectivity index is 2.05. The molecule has 0 N–H and O–H groups in total. The van der Waals surface area contributed by atoms with Crippen LogP contribution in [0.2, 0.25) is 47.1 Å². The first-order valence-corrected chi connectivity index (χ1v) is 22.3. The predicted molar refractivity (Wildman–Crippen MR) is 95.7 cm³/mol. The molecule has 4 saturated heterocycles. The van der Waals surface area contributed by atoms with Crippen molar-refractivity contribution < 1.29 is 50.9 Å². The van der Waals surface area contributed by atoms with E-state index in [-0.39, 0.29) is 28.3 Å². The summed E-state index contributed by atoms with van der Waals surface area (Å²) in [5.74, 6) is 0. The van der Waals surface area contributed by atoms with Crippen molar-refractivity contribution in [2.24, 2.45) is 0 Å². The van der Waals surface area contributed by atoms with Gasteiger partial charge in [0.1, 0.15) is 0 Å². The number of hydrogen-bond donors (Lipinski definition) is 0. The van der Waals surface area contributed by atoms with Crippen molar-refractivity contribution in [1.29, 1.82) is 0 Å². The predicted octanol–water partition coefficient (Wildman–Crippen LogP) is 3.04. The summed E-state index contributed by atoms with van der Waals surface area (Å²) in [6.07, 6.45) is 0. The standard InChI is InChI=1S/C10H18F6O6S2Si4/c1-25-3-26(2)6-27(4-25,21-23(17,18)9(11,12)13)8-28(5-25,7-26)22-24(19,20)10(14,15)16/h3-8H2,1-2H3. The van der Waals surface area contributed by atoms with E-state index in [1.807, 2.05) is 0 Å². The van der Waals surface area contributed by atoms with Gasteiger partial charge in [-0.3, -0.25) is 0 Å². The largest absolute Gasteiger partial charge is 0.522 e. The first-order valence-electron chi connectivity index (χ1n) is 8.19. The van der Waals surface area contributed by atoms with Crippen molar-refractivity contribution in [3.8, 4) is 0 Å². The summed E-state index contributed by atoms with van der Waals surface area (Å²) in [7, 11) is -24.0. The summed E-state index contributed by atoms with van der Waals surface area (Å²) in [6, 6.07) is 0. The van der Waals surface area contributed by atoms with E-state index in [0.29, 0.717) is 5.67 Å². The molecule has 0 aliphatic carbocycles. The van der Waals surface area contributed by atoms with E-state index in [1.54, 1.807) is 13.1 Å². The zero-order chi connectivity index (χ0) is 21.7. The van der Waals surface area contributed by atoms with Crippen LogP contribution in [-0.2, 0) is 28.0 Å². The summed E-state index contributed by atoms with van der Waals surface area (Å²) < 4.78 is 134. The van der Waals surface area contributed by atoms with Gasteiger partial charge in [0, 0.05) is 16.1 Å². The third kappa shape index (κ3) is 3.82. The minimum Gasteiger partial charge on any atom is -0.309 e. The van der Waals surface area contributed by atoms with Crippen molar-refractivity contribution in [2.75, 3.05) is 0 Å². The highest BCUT2D eigenvalue weighted by Gasteiger charge is 2.74. The number of rotatable bonds is 4. The molecule has 4 rings (SSSR count). The van der Waals surface area contributed by atoms with Crippen LogP contribution in [0.25, 0.3) is 0 Å². The molecule has 0 aromatic heterocycles. The van der Waals surface area contributed by atoms with Crippen molar-refractivity contribution in [1.82, 2.24) is 0 Å². The molecule has 0 spiro atoms. The van der Waals surface area contributed by atoms with Gasteiger partial charge in [-0.1, -0.05) is 18.8 Å². The van der Waals surface area contributed by atoms with Crippen molar-refractivity contribution in [2.45, 2.75) is 58.1 Å². The second-order valence-electron chi connectivity index (χ2n) is 9.01. The molecule has 0 unspecified atom stereocenters. The topological polar surface area (TPSA) is 86.7 Å². The van der Waals surface area contributed by atoms with Gasteiger partial charge in [-0.2, -0.15) is 43.2 Å². The van der Waals surface area contributed by atoms with E-state index in [1.165, 1.54) is 0 Å². The molecular formula is C10H18F6O6S2Si4. The SMILES string of the molecule is C[Si]12C[Si]3(C)C[Si](OS(=O)(=O)C(F)(F)F)(C1)C[Si](OS(=O)(=O)C(F)(F)F)(C2)C3. The molecule has 0 saturated carbocycles. The average Bonchev–Trinajstić information content (AvgIpc) is 2.27. The van der Waals surface area contributed by atoms with Gasteiger partial charge >= 0.3 is 31.3 Å². The minimum atomic E-state index is -5.91. The second kappa shape index (κ2) is 5.94. The van der Waals surface area contributed by atoms with E-state index in [9.17, 15) is 43.2 Å². The Kier molecular flexibility index (Phi) is 4.87. The quantitative estimate of drug-likeness (QED) is 0.319. The van der Waals surface area contributed by atoms with E-state index in [0.717, 1.165) is 0 Å². The monoisotopic (exact) mass is 524 g/mol. The second-order valence-corrected chi connectivity index (χ2v) is 33.6. The van der Waals surface area contributed by atoms with Crippen LogP contribution in [0.3, 0.4) is 0 Å². The average molecular weight is 525 g/mol. The molecular weight excluding hydrogens is 507 g/mol.